The molecule has 0 spiro atoms. The highest BCUT2D eigenvalue weighted by molar-refractivity contribution is 5.54. The number of hydrogen-bond acceptors (Lipinski definition) is 4. The van der Waals surface area contributed by atoms with Crippen molar-refractivity contribution >= 4 is 0 Å². The monoisotopic (exact) mass is 293 g/mol. The summed E-state index contributed by atoms with van der Waals surface area (Å²) in [5.74, 6) is -1.13. The Morgan fingerprint density at radius 3 is 2.62 bits per heavy atom. The van der Waals surface area contributed by atoms with Crippen LogP contribution in [-0.2, 0) is 6.42 Å². The zero-order valence-electron chi connectivity index (χ0n) is 11.6. The molecule has 112 valence electrons. The molecule has 4 nitrogen and oxygen atoms in total. The first-order chi connectivity index (χ1) is 10.1. The SMILES string of the molecule is NC1(Cc2nc(-c3ccc(F)c(F)c3)no2)CCCCC1. The Hall–Kier alpha value is -1.82. The molecular formula is C15H17F2N3O. The maximum Gasteiger partial charge on any atom is 0.228 e. The molecule has 0 atom stereocenters. The number of aromatic nitrogens is 2. The molecule has 1 saturated carbocycles. The second kappa shape index (κ2) is 5.52. The molecule has 0 unspecified atom stereocenters. The maximum absolute atomic E-state index is 13.2. The van der Waals surface area contributed by atoms with Crippen molar-refractivity contribution in [3.63, 3.8) is 0 Å². The molecule has 0 saturated heterocycles. The lowest BCUT2D eigenvalue weighted by Gasteiger charge is -2.31. The van der Waals surface area contributed by atoms with E-state index in [1.807, 2.05) is 0 Å². The first-order valence-corrected chi connectivity index (χ1v) is 7.13. The predicted molar refractivity (Wildman–Crippen MR) is 73.4 cm³/mol. The molecule has 21 heavy (non-hydrogen) atoms. The van der Waals surface area contributed by atoms with Crippen molar-refractivity contribution in [2.75, 3.05) is 0 Å². The molecule has 1 aliphatic carbocycles. The smallest absolute Gasteiger partial charge is 0.228 e. The third-order valence-electron chi connectivity index (χ3n) is 4.00. The Labute approximate surface area is 121 Å². The highest BCUT2D eigenvalue weighted by Gasteiger charge is 2.30. The van der Waals surface area contributed by atoms with E-state index in [0.717, 1.165) is 37.8 Å². The van der Waals surface area contributed by atoms with Crippen LogP contribution >= 0.6 is 0 Å². The summed E-state index contributed by atoms with van der Waals surface area (Å²) in [6.45, 7) is 0. The summed E-state index contributed by atoms with van der Waals surface area (Å²) in [4.78, 5) is 4.24. The normalized spacial score (nSPS) is 17.9. The predicted octanol–water partition coefficient (Wildman–Crippen LogP) is 3.22. The highest BCUT2D eigenvalue weighted by Crippen LogP contribution is 2.29. The van der Waals surface area contributed by atoms with Crippen LogP contribution in [-0.4, -0.2) is 15.7 Å². The van der Waals surface area contributed by atoms with Gasteiger partial charge in [0.1, 0.15) is 0 Å². The second-order valence-electron chi connectivity index (χ2n) is 5.74. The van der Waals surface area contributed by atoms with Crippen LogP contribution < -0.4 is 5.73 Å². The maximum atomic E-state index is 13.2. The number of benzene rings is 1. The van der Waals surface area contributed by atoms with Gasteiger partial charge in [-0.1, -0.05) is 24.4 Å². The fraction of sp³-hybridized carbons (Fsp3) is 0.467. The summed E-state index contributed by atoms with van der Waals surface area (Å²) < 4.78 is 31.3. The van der Waals surface area contributed by atoms with Gasteiger partial charge in [0.2, 0.25) is 11.7 Å². The quantitative estimate of drug-likeness (QED) is 0.943. The molecule has 6 heteroatoms. The average molecular weight is 293 g/mol. The van der Waals surface area contributed by atoms with Gasteiger partial charge in [0.15, 0.2) is 11.6 Å². The molecule has 1 heterocycles. The van der Waals surface area contributed by atoms with Crippen LogP contribution in [0.15, 0.2) is 22.7 Å². The highest BCUT2D eigenvalue weighted by atomic mass is 19.2. The molecule has 0 bridgehead atoms. The van der Waals surface area contributed by atoms with Gasteiger partial charge in [-0.2, -0.15) is 4.98 Å². The average Bonchev–Trinajstić information content (AvgIpc) is 2.90. The van der Waals surface area contributed by atoms with Gasteiger partial charge in [-0.25, -0.2) is 8.78 Å². The van der Waals surface area contributed by atoms with Crippen LogP contribution in [0.5, 0.6) is 0 Å². The first-order valence-electron chi connectivity index (χ1n) is 7.13. The molecule has 1 fully saturated rings. The van der Waals surface area contributed by atoms with Crippen molar-refractivity contribution in [1.29, 1.82) is 0 Å². The summed E-state index contributed by atoms with van der Waals surface area (Å²) in [5, 5.41) is 3.82. The molecule has 1 aliphatic rings. The van der Waals surface area contributed by atoms with Gasteiger partial charge in [0.05, 0.1) is 0 Å². The van der Waals surface area contributed by atoms with Crippen LogP contribution in [0, 0.1) is 11.6 Å². The van der Waals surface area contributed by atoms with Gasteiger partial charge >= 0.3 is 0 Å². The topological polar surface area (TPSA) is 64.9 Å². The van der Waals surface area contributed by atoms with Crippen LogP contribution in [0.25, 0.3) is 11.4 Å². The minimum atomic E-state index is -0.929. The fourth-order valence-corrected chi connectivity index (χ4v) is 2.81. The molecule has 3 rings (SSSR count). The number of hydrogen-bond donors (Lipinski definition) is 1. The Bertz CT molecular complexity index is 636. The number of rotatable bonds is 3. The van der Waals surface area contributed by atoms with Crippen LogP contribution in [0.2, 0.25) is 0 Å². The van der Waals surface area contributed by atoms with E-state index in [1.54, 1.807) is 0 Å². The van der Waals surface area contributed by atoms with Crippen LogP contribution in [0.1, 0.15) is 38.0 Å². The molecule has 0 amide bonds. The van der Waals surface area contributed by atoms with Crippen LogP contribution in [0.3, 0.4) is 0 Å². The number of nitrogens with zero attached hydrogens (tertiary/aromatic N) is 2. The fourth-order valence-electron chi connectivity index (χ4n) is 2.81. The first kappa shape index (κ1) is 14.1. The largest absolute Gasteiger partial charge is 0.339 e. The molecule has 1 aromatic carbocycles. The van der Waals surface area contributed by atoms with Crippen molar-refractivity contribution in [2.24, 2.45) is 5.73 Å². The van der Waals surface area contributed by atoms with E-state index >= 15 is 0 Å². The lowest BCUT2D eigenvalue weighted by molar-refractivity contribution is 0.261. The van der Waals surface area contributed by atoms with Crippen molar-refractivity contribution in [2.45, 2.75) is 44.1 Å². The molecule has 1 aromatic heterocycles. The van der Waals surface area contributed by atoms with E-state index in [1.165, 1.54) is 12.5 Å². The summed E-state index contributed by atoms with van der Waals surface area (Å²) in [6.07, 6.45) is 5.83. The summed E-state index contributed by atoms with van der Waals surface area (Å²) >= 11 is 0. The lowest BCUT2D eigenvalue weighted by atomic mass is 9.80. The third-order valence-corrected chi connectivity index (χ3v) is 4.00. The third kappa shape index (κ3) is 3.10. The van der Waals surface area contributed by atoms with E-state index in [4.69, 9.17) is 10.3 Å². The summed E-state index contributed by atoms with van der Waals surface area (Å²) in [6, 6.07) is 3.53. The van der Waals surface area contributed by atoms with Gasteiger partial charge in [-0.15, -0.1) is 0 Å². The zero-order chi connectivity index (χ0) is 14.9. The van der Waals surface area contributed by atoms with Gasteiger partial charge in [0, 0.05) is 17.5 Å². The number of halogens is 2. The summed E-state index contributed by atoms with van der Waals surface area (Å²) in [7, 11) is 0. The van der Waals surface area contributed by atoms with Gasteiger partial charge < -0.3 is 10.3 Å². The Morgan fingerprint density at radius 1 is 1.14 bits per heavy atom. The Morgan fingerprint density at radius 2 is 1.90 bits per heavy atom. The lowest BCUT2D eigenvalue weighted by Crippen LogP contribution is -2.43. The van der Waals surface area contributed by atoms with Gasteiger partial charge in [-0.05, 0) is 31.0 Å². The Kier molecular flexibility index (Phi) is 3.71. The molecule has 0 radical (unpaired) electrons. The van der Waals surface area contributed by atoms with Crippen molar-refractivity contribution < 1.29 is 13.3 Å². The van der Waals surface area contributed by atoms with Crippen molar-refractivity contribution in [3.8, 4) is 11.4 Å². The van der Waals surface area contributed by atoms with E-state index in [2.05, 4.69) is 10.1 Å². The van der Waals surface area contributed by atoms with Crippen molar-refractivity contribution in [3.05, 3.63) is 35.7 Å². The van der Waals surface area contributed by atoms with Crippen LogP contribution in [0.4, 0.5) is 8.78 Å². The molecule has 2 N–H and O–H groups in total. The van der Waals surface area contributed by atoms with E-state index in [9.17, 15) is 8.78 Å². The molecular weight excluding hydrogens is 276 g/mol. The van der Waals surface area contributed by atoms with E-state index in [0.29, 0.717) is 17.9 Å². The minimum Gasteiger partial charge on any atom is -0.339 e. The van der Waals surface area contributed by atoms with E-state index in [-0.39, 0.29) is 11.4 Å². The molecule has 2 aromatic rings. The van der Waals surface area contributed by atoms with Gasteiger partial charge in [-0.3, -0.25) is 0 Å². The molecule has 0 aliphatic heterocycles. The second-order valence-corrected chi connectivity index (χ2v) is 5.74. The van der Waals surface area contributed by atoms with E-state index < -0.39 is 11.6 Å². The summed E-state index contributed by atoms with van der Waals surface area (Å²) in [5.41, 5.74) is 6.44. The van der Waals surface area contributed by atoms with Crippen molar-refractivity contribution in [1.82, 2.24) is 10.1 Å². The minimum absolute atomic E-state index is 0.253. The number of nitrogens with two attached hydrogens (primary N) is 1. The zero-order valence-corrected chi connectivity index (χ0v) is 11.6. The standard InChI is InChI=1S/C15H17F2N3O/c16-11-5-4-10(8-12(11)17)14-19-13(21-20-14)9-15(18)6-2-1-3-7-15/h4-5,8H,1-3,6-7,9,18H2. The van der Waals surface area contributed by atoms with Gasteiger partial charge in [0.25, 0.3) is 0 Å². The Balaban J connectivity index is 1.78.